The zero-order valence-electron chi connectivity index (χ0n) is 11.5. The quantitative estimate of drug-likeness (QED) is 0.836. The van der Waals surface area contributed by atoms with Crippen LogP contribution in [0.2, 0.25) is 0 Å². The lowest BCUT2D eigenvalue weighted by atomic mass is 10.1. The summed E-state index contributed by atoms with van der Waals surface area (Å²) in [4.78, 5) is 2.39. The molecule has 3 nitrogen and oxygen atoms in total. The molecule has 1 aromatic carbocycles. The first-order valence-electron chi connectivity index (χ1n) is 6.83. The van der Waals surface area contributed by atoms with Crippen molar-refractivity contribution in [1.82, 2.24) is 10.2 Å². The second-order valence-electron chi connectivity index (χ2n) is 5.17. The minimum absolute atomic E-state index is 0.739. The first kappa shape index (κ1) is 13.4. The number of rotatable bonds is 6. The van der Waals surface area contributed by atoms with E-state index >= 15 is 0 Å². The molecule has 2 rings (SSSR count). The van der Waals surface area contributed by atoms with Gasteiger partial charge in [0.05, 0.1) is 7.11 Å². The highest BCUT2D eigenvalue weighted by Crippen LogP contribution is 2.13. The van der Waals surface area contributed by atoms with Gasteiger partial charge in [0.1, 0.15) is 5.75 Å². The van der Waals surface area contributed by atoms with Crippen LogP contribution in [0.25, 0.3) is 0 Å². The van der Waals surface area contributed by atoms with E-state index in [1.54, 1.807) is 7.11 Å². The van der Waals surface area contributed by atoms with E-state index in [-0.39, 0.29) is 0 Å². The molecule has 1 fully saturated rings. The van der Waals surface area contributed by atoms with Gasteiger partial charge in [0.2, 0.25) is 0 Å². The molecule has 100 valence electrons. The minimum atomic E-state index is 0.739. The molecule has 1 aliphatic heterocycles. The van der Waals surface area contributed by atoms with Gasteiger partial charge >= 0.3 is 0 Å². The summed E-state index contributed by atoms with van der Waals surface area (Å²) in [7, 11) is 3.90. The smallest absolute Gasteiger partial charge is 0.118 e. The van der Waals surface area contributed by atoms with Gasteiger partial charge in [-0.2, -0.15) is 0 Å². The Morgan fingerprint density at radius 2 is 2.11 bits per heavy atom. The van der Waals surface area contributed by atoms with Crippen LogP contribution in [-0.2, 0) is 6.54 Å². The highest BCUT2D eigenvalue weighted by molar-refractivity contribution is 5.26. The van der Waals surface area contributed by atoms with Crippen molar-refractivity contribution in [2.24, 2.45) is 0 Å². The van der Waals surface area contributed by atoms with Gasteiger partial charge in [0, 0.05) is 12.6 Å². The average molecular weight is 248 g/mol. The fourth-order valence-corrected chi connectivity index (χ4v) is 2.50. The molecule has 1 atom stereocenters. The molecule has 0 bridgehead atoms. The number of hydrogen-bond acceptors (Lipinski definition) is 3. The van der Waals surface area contributed by atoms with Gasteiger partial charge in [-0.05, 0) is 57.1 Å². The SMILES string of the molecule is COc1ccc(CN(C)CCC2CCCN2)cc1. The molecule has 1 aromatic rings. The molecule has 18 heavy (non-hydrogen) atoms. The van der Waals surface area contributed by atoms with Crippen molar-refractivity contribution in [3.05, 3.63) is 29.8 Å². The molecule has 0 saturated carbocycles. The van der Waals surface area contributed by atoms with Crippen molar-refractivity contribution in [3.8, 4) is 5.75 Å². The first-order valence-corrected chi connectivity index (χ1v) is 6.83. The van der Waals surface area contributed by atoms with Crippen LogP contribution in [0, 0.1) is 0 Å². The molecule has 0 spiro atoms. The van der Waals surface area contributed by atoms with Crippen LogP contribution >= 0.6 is 0 Å². The van der Waals surface area contributed by atoms with Gasteiger partial charge < -0.3 is 15.0 Å². The molecule has 3 heteroatoms. The summed E-state index contributed by atoms with van der Waals surface area (Å²) in [6, 6.07) is 9.08. The maximum Gasteiger partial charge on any atom is 0.118 e. The molecular formula is C15H24N2O. The first-order chi connectivity index (χ1) is 8.78. The maximum absolute atomic E-state index is 5.17. The Labute approximate surface area is 110 Å². The lowest BCUT2D eigenvalue weighted by Gasteiger charge is -2.19. The monoisotopic (exact) mass is 248 g/mol. The summed E-state index contributed by atoms with van der Waals surface area (Å²) in [6.45, 7) is 3.37. The Morgan fingerprint density at radius 3 is 2.72 bits per heavy atom. The zero-order chi connectivity index (χ0) is 12.8. The van der Waals surface area contributed by atoms with E-state index in [0.29, 0.717) is 0 Å². The zero-order valence-corrected chi connectivity index (χ0v) is 11.5. The molecular weight excluding hydrogens is 224 g/mol. The number of methoxy groups -OCH3 is 1. The largest absolute Gasteiger partial charge is 0.497 e. The van der Waals surface area contributed by atoms with Crippen molar-refractivity contribution in [2.75, 3.05) is 27.2 Å². The fraction of sp³-hybridized carbons (Fsp3) is 0.600. The summed E-state index contributed by atoms with van der Waals surface area (Å²) >= 11 is 0. The normalized spacial score (nSPS) is 19.4. The lowest BCUT2D eigenvalue weighted by molar-refractivity contribution is 0.305. The van der Waals surface area contributed by atoms with E-state index in [0.717, 1.165) is 24.9 Å². The minimum Gasteiger partial charge on any atom is -0.497 e. The topological polar surface area (TPSA) is 24.5 Å². The summed E-state index contributed by atoms with van der Waals surface area (Å²) in [5.74, 6) is 0.927. The molecule has 1 aliphatic rings. The Morgan fingerprint density at radius 1 is 1.33 bits per heavy atom. The summed E-state index contributed by atoms with van der Waals surface area (Å²) in [5, 5.41) is 3.55. The van der Waals surface area contributed by atoms with E-state index in [1.807, 2.05) is 12.1 Å². The predicted octanol–water partition coefficient (Wildman–Crippen LogP) is 2.27. The Hall–Kier alpha value is -1.06. The third-order valence-electron chi connectivity index (χ3n) is 3.63. The molecule has 0 radical (unpaired) electrons. The Bertz CT molecular complexity index is 344. The van der Waals surface area contributed by atoms with Crippen LogP contribution < -0.4 is 10.1 Å². The second-order valence-corrected chi connectivity index (χ2v) is 5.17. The molecule has 1 N–H and O–H groups in total. The molecule has 0 amide bonds. The number of nitrogens with one attached hydrogen (secondary N) is 1. The summed E-state index contributed by atoms with van der Waals surface area (Å²) in [6.07, 6.45) is 3.94. The van der Waals surface area contributed by atoms with Crippen LogP contribution in [-0.4, -0.2) is 38.2 Å². The molecule has 0 aliphatic carbocycles. The molecule has 1 heterocycles. The maximum atomic E-state index is 5.17. The van der Waals surface area contributed by atoms with Crippen LogP contribution in [0.4, 0.5) is 0 Å². The van der Waals surface area contributed by atoms with E-state index < -0.39 is 0 Å². The van der Waals surface area contributed by atoms with Crippen LogP contribution in [0.3, 0.4) is 0 Å². The third-order valence-corrected chi connectivity index (χ3v) is 3.63. The van der Waals surface area contributed by atoms with Crippen molar-refractivity contribution in [1.29, 1.82) is 0 Å². The third kappa shape index (κ3) is 4.00. The Balaban J connectivity index is 1.73. The summed E-state index contributed by atoms with van der Waals surface area (Å²) in [5.41, 5.74) is 1.35. The molecule has 0 aromatic heterocycles. The van der Waals surface area contributed by atoms with Gasteiger partial charge in [0.25, 0.3) is 0 Å². The number of ether oxygens (including phenoxy) is 1. The van der Waals surface area contributed by atoms with Crippen molar-refractivity contribution < 1.29 is 4.74 Å². The van der Waals surface area contributed by atoms with Gasteiger partial charge in [-0.15, -0.1) is 0 Å². The van der Waals surface area contributed by atoms with Gasteiger partial charge in [-0.3, -0.25) is 0 Å². The van der Waals surface area contributed by atoms with Crippen molar-refractivity contribution in [3.63, 3.8) is 0 Å². The number of nitrogens with zero attached hydrogens (tertiary/aromatic N) is 1. The molecule has 1 unspecified atom stereocenters. The van der Waals surface area contributed by atoms with Crippen LogP contribution in [0.1, 0.15) is 24.8 Å². The van der Waals surface area contributed by atoms with E-state index in [9.17, 15) is 0 Å². The van der Waals surface area contributed by atoms with Crippen molar-refractivity contribution >= 4 is 0 Å². The van der Waals surface area contributed by atoms with Crippen LogP contribution in [0.15, 0.2) is 24.3 Å². The number of benzene rings is 1. The van der Waals surface area contributed by atoms with Gasteiger partial charge in [-0.1, -0.05) is 12.1 Å². The van der Waals surface area contributed by atoms with Gasteiger partial charge in [-0.25, -0.2) is 0 Å². The Kier molecular flexibility index (Phi) is 5.02. The highest BCUT2D eigenvalue weighted by Gasteiger charge is 2.14. The standard InChI is InChI=1S/C15H24N2O/c1-17(11-9-14-4-3-10-16-14)12-13-5-7-15(18-2)8-6-13/h5-8,14,16H,3-4,9-12H2,1-2H3. The lowest BCUT2D eigenvalue weighted by Crippen LogP contribution is -2.28. The van der Waals surface area contributed by atoms with Gasteiger partial charge in [0.15, 0.2) is 0 Å². The van der Waals surface area contributed by atoms with E-state index in [2.05, 4.69) is 29.4 Å². The predicted molar refractivity (Wildman–Crippen MR) is 75.0 cm³/mol. The average Bonchev–Trinajstić information content (AvgIpc) is 2.90. The molecule has 1 saturated heterocycles. The number of hydrogen-bond donors (Lipinski definition) is 1. The fourth-order valence-electron chi connectivity index (χ4n) is 2.50. The summed E-state index contributed by atoms with van der Waals surface area (Å²) < 4.78 is 5.17. The van der Waals surface area contributed by atoms with E-state index in [1.165, 1.54) is 31.4 Å². The van der Waals surface area contributed by atoms with Crippen molar-refractivity contribution in [2.45, 2.75) is 31.8 Å². The van der Waals surface area contributed by atoms with Crippen LogP contribution in [0.5, 0.6) is 5.75 Å². The van der Waals surface area contributed by atoms with E-state index in [4.69, 9.17) is 4.74 Å². The second kappa shape index (κ2) is 6.76. The highest BCUT2D eigenvalue weighted by atomic mass is 16.5.